The zero-order valence-corrected chi connectivity index (χ0v) is 18.6. The Morgan fingerprint density at radius 1 is 0.963 bits per heavy atom. The highest BCUT2D eigenvalue weighted by molar-refractivity contribution is 7.90. The molecule has 0 aliphatic heterocycles. The Bertz CT molecular complexity index is 611. The largest absolute Gasteiger partial charge is 0.491 e. The van der Waals surface area contributed by atoms with Gasteiger partial charge in [-0.1, -0.05) is 64.2 Å². The second-order valence-electron chi connectivity index (χ2n) is 7.95. The second kappa shape index (κ2) is 12.4. The fourth-order valence-corrected chi connectivity index (χ4v) is 5.01. The van der Waals surface area contributed by atoms with E-state index in [9.17, 15) is 8.42 Å². The summed E-state index contributed by atoms with van der Waals surface area (Å²) in [5.41, 5.74) is 1.20. The van der Waals surface area contributed by atoms with Crippen molar-refractivity contribution in [3.05, 3.63) is 29.8 Å². The van der Waals surface area contributed by atoms with E-state index in [0.717, 1.165) is 18.6 Å². The lowest BCUT2D eigenvalue weighted by Crippen LogP contribution is -2.38. The number of hydrogen-bond donors (Lipinski definition) is 1. The van der Waals surface area contributed by atoms with Gasteiger partial charge in [0.25, 0.3) is 0 Å². The number of sulfonamides is 1. The lowest BCUT2D eigenvalue weighted by molar-refractivity contribution is 0.205. The predicted molar refractivity (Wildman–Crippen MR) is 115 cm³/mol. The topological polar surface area (TPSA) is 55.4 Å². The molecule has 0 aliphatic rings. The van der Waals surface area contributed by atoms with Crippen LogP contribution >= 0.6 is 0 Å². The van der Waals surface area contributed by atoms with E-state index < -0.39 is 10.0 Å². The third kappa shape index (κ3) is 9.61. The van der Waals surface area contributed by atoms with Crippen molar-refractivity contribution in [2.24, 2.45) is 5.92 Å². The van der Waals surface area contributed by atoms with E-state index in [0.29, 0.717) is 19.4 Å². The monoisotopic (exact) mass is 397 g/mol. The van der Waals surface area contributed by atoms with Gasteiger partial charge in [0, 0.05) is 6.54 Å². The highest BCUT2D eigenvalue weighted by Gasteiger charge is 2.28. The van der Waals surface area contributed by atoms with Crippen LogP contribution in [0.25, 0.3) is 0 Å². The van der Waals surface area contributed by atoms with Gasteiger partial charge in [-0.05, 0) is 51.2 Å². The summed E-state index contributed by atoms with van der Waals surface area (Å²) >= 11 is 0. The summed E-state index contributed by atoms with van der Waals surface area (Å²) in [5.74, 6) is 0.913. The smallest absolute Gasteiger partial charge is 0.214 e. The van der Waals surface area contributed by atoms with Gasteiger partial charge in [-0.3, -0.25) is 0 Å². The first-order valence-electron chi connectivity index (χ1n) is 10.5. The molecule has 1 N–H and O–H groups in total. The molecule has 0 radical (unpaired) electrons. The molecule has 0 saturated carbocycles. The number of benzene rings is 1. The Balaban J connectivity index is 2.47. The van der Waals surface area contributed by atoms with Crippen LogP contribution in [0.2, 0.25) is 0 Å². The van der Waals surface area contributed by atoms with E-state index in [-0.39, 0.29) is 17.3 Å². The van der Waals surface area contributed by atoms with Crippen LogP contribution < -0.4 is 9.46 Å². The number of hydrogen-bond acceptors (Lipinski definition) is 3. The van der Waals surface area contributed by atoms with Crippen LogP contribution in [0.5, 0.6) is 5.75 Å². The maximum absolute atomic E-state index is 12.7. The SMILES string of the molecule is CCCCCCCNS(=O)(=O)C(CCC(C)Oc1ccc(C)cc1)C(C)C. The predicted octanol–water partition coefficient (Wildman–Crippen LogP) is 5.46. The molecule has 2 unspecified atom stereocenters. The minimum Gasteiger partial charge on any atom is -0.491 e. The fraction of sp³-hybridized carbons (Fsp3) is 0.727. The summed E-state index contributed by atoms with van der Waals surface area (Å²) in [6, 6.07) is 7.97. The van der Waals surface area contributed by atoms with Crippen LogP contribution in [0.4, 0.5) is 0 Å². The standard InChI is InChI=1S/C22H39NO3S/c1-6-7-8-9-10-17-23-27(24,25)22(18(2)3)16-13-20(5)26-21-14-11-19(4)12-15-21/h11-12,14-15,18,20,22-23H,6-10,13,16-17H2,1-5H3. The minimum absolute atomic E-state index is 0.0156. The van der Waals surface area contributed by atoms with Crippen LogP contribution in [0.15, 0.2) is 24.3 Å². The molecule has 0 aromatic heterocycles. The average molecular weight is 398 g/mol. The van der Waals surface area contributed by atoms with Crippen LogP contribution in [0.3, 0.4) is 0 Å². The lowest BCUT2D eigenvalue weighted by Gasteiger charge is -2.23. The molecule has 1 rings (SSSR count). The molecule has 2 atom stereocenters. The number of unbranched alkanes of at least 4 members (excludes halogenated alkanes) is 4. The third-order valence-corrected chi connectivity index (χ3v) is 7.13. The summed E-state index contributed by atoms with van der Waals surface area (Å²) in [4.78, 5) is 0. The molecule has 156 valence electrons. The first kappa shape index (κ1) is 24.0. The van der Waals surface area contributed by atoms with Gasteiger partial charge in [0.05, 0.1) is 11.4 Å². The minimum atomic E-state index is -3.29. The van der Waals surface area contributed by atoms with Gasteiger partial charge in [0.2, 0.25) is 10.0 Å². The van der Waals surface area contributed by atoms with Gasteiger partial charge < -0.3 is 4.74 Å². The van der Waals surface area contributed by atoms with Gasteiger partial charge in [-0.15, -0.1) is 0 Å². The van der Waals surface area contributed by atoms with Crippen molar-refractivity contribution in [2.45, 2.75) is 90.9 Å². The lowest BCUT2D eigenvalue weighted by atomic mass is 10.0. The van der Waals surface area contributed by atoms with E-state index in [2.05, 4.69) is 11.6 Å². The van der Waals surface area contributed by atoms with Crippen LogP contribution in [0, 0.1) is 12.8 Å². The highest BCUT2D eigenvalue weighted by Crippen LogP contribution is 2.21. The van der Waals surface area contributed by atoms with Crippen molar-refractivity contribution in [3.8, 4) is 5.75 Å². The molecule has 1 aromatic carbocycles. The van der Waals surface area contributed by atoms with Crippen LogP contribution in [0.1, 0.15) is 78.2 Å². The second-order valence-corrected chi connectivity index (χ2v) is 9.94. The van der Waals surface area contributed by atoms with Crippen molar-refractivity contribution in [3.63, 3.8) is 0 Å². The molecule has 0 amide bonds. The van der Waals surface area contributed by atoms with E-state index in [4.69, 9.17) is 4.74 Å². The van der Waals surface area contributed by atoms with Crippen molar-refractivity contribution in [1.82, 2.24) is 4.72 Å². The molecule has 0 bridgehead atoms. The van der Waals surface area contributed by atoms with Gasteiger partial charge >= 0.3 is 0 Å². The third-order valence-electron chi connectivity index (χ3n) is 4.94. The molecule has 27 heavy (non-hydrogen) atoms. The first-order valence-corrected chi connectivity index (χ1v) is 12.0. The normalized spacial score (nSPS) is 14.3. The van der Waals surface area contributed by atoms with E-state index in [1.807, 2.05) is 52.0 Å². The summed E-state index contributed by atoms with van der Waals surface area (Å²) < 4.78 is 34.2. The molecular weight excluding hydrogens is 358 g/mol. The highest BCUT2D eigenvalue weighted by atomic mass is 32.2. The zero-order chi connectivity index (χ0) is 20.3. The Labute approximate surface area is 167 Å². The maximum Gasteiger partial charge on any atom is 0.214 e. The number of ether oxygens (including phenoxy) is 1. The van der Waals surface area contributed by atoms with E-state index >= 15 is 0 Å². The van der Waals surface area contributed by atoms with Crippen molar-refractivity contribution in [1.29, 1.82) is 0 Å². The van der Waals surface area contributed by atoms with Gasteiger partial charge in [0.1, 0.15) is 5.75 Å². The summed E-state index contributed by atoms with van der Waals surface area (Å²) in [7, 11) is -3.29. The summed E-state index contributed by atoms with van der Waals surface area (Å²) in [6.45, 7) is 10.7. The molecule has 0 aliphatic carbocycles. The van der Waals surface area contributed by atoms with Crippen molar-refractivity contribution >= 4 is 10.0 Å². The quantitative estimate of drug-likeness (QED) is 0.424. The number of rotatable bonds is 14. The molecule has 1 aromatic rings. The fourth-order valence-electron chi connectivity index (χ4n) is 3.20. The van der Waals surface area contributed by atoms with Gasteiger partial charge in [-0.2, -0.15) is 0 Å². The Morgan fingerprint density at radius 3 is 2.19 bits per heavy atom. The van der Waals surface area contributed by atoms with Crippen LogP contribution in [-0.4, -0.2) is 26.3 Å². The first-order chi connectivity index (χ1) is 12.8. The average Bonchev–Trinajstić information content (AvgIpc) is 2.59. The number of aryl methyl sites for hydroxylation is 1. The summed E-state index contributed by atoms with van der Waals surface area (Å²) in [6.07, 6.45) is 6.91. The molecule has 0 fully saturated rings. The molecule has 4 nitrogen and oxygen atoms in total. The molecule has 0 spiro atoms. The summed E-state index contributed by atoms with van der Waals surface area (Å²) in [5, 5.41) is -0.378. The Morgan fingerprint density at radius 2 is 1.59 bits per heavy atom. The van der Waals surface area contributed by atoms with Crippen molar-refractivity contribution < 1.29 is 13.2 Å². The van der Waals surface area contributed by atoms with E-state index in [1.54, 1.807) is 0 Å². The molecule has 0 heterocycles. The molecule has 5 heteroatoms. The molecule has 0 saturated heterocycles. The van der Waals surface area contributed by atoms with Crippen LogP contribution in [-0.2, 0) is 10.0 Å². The van der Waals surface area contributed by atoms with Gasteiger partial charge in [-0.25, -0.2) is 13.1 Å². The Hall–Kier alpha value is -1.07. The maximum atomic E-state index is 12.7. The molecular formula is C22H39NO3S. The van der Waals surface area contributed by atoms with Gasteiger partial charge in [0.15, 0.2) is 0 Å². The Kier molecular flexibility index (Phi) is 11.0. The zero-order valence-electron chi connectivity index (χ0n) is 17.8. The number of nitrogens with one attached hydrogen (secondary N) is 1. The van der Waals surface area contributed by atoms with Crippen molar-refractivity contribution in [2.75, 3.05) is 6.54 Å². The van der Waals surface area contributed by atoms with E-state index in [1.165, 1.54) is 24.8 Å².